The van der Waals surface area contributed by atoms with E-state index in [0.29, 0.717) is 25.3 Å². The molecule has 0 radical (unpaired) electrons. The first-order valence-electron chi connectivity index (χ1n) is 9.47. The van der Waals surface area contributed by atoms with Gasteiger partial charge >= 0.3 is 6.09 Å². The average Bonchev–Trinajstić information content (AvgIpc) is 2.54. The summed E-state index contributed by atoms with van der Waals surface area (Å²) in [6.07, 6.45) is 2.37. The van der Waals surface area contributed by atoms with Gasteiger partial charge in [0.05, 0.1) is 18.4 Å². The van der Waals surface area contributed by atoms with E-state index in [0.717, 1.165) is 24.1 Å². The lowest BCUT2D eigenvalue weighted by molar-refractivity contribution is 0.0459. The summed E-state index contributed by atoms with van der Waals surface area (Å²) in [5.41, 5.74) is 1.82. The Bertz CT molecular complexity index is 749. The molecule has 7 nitrogen and oxygen atoms in total. The maximum atomic E-state index is 12.6. The van der Waals surface area contributed by atoms with Gasteiger partial charge in [-0.2, -0.15) is 0 Å². The largest absolute Gasteiger partial charge is 0.447 e. The second kappa shape index (κ2) is 9.01. The van der Waals surface area contributed by atoms with Crippen LogP contribution in [0.1, 0.15) is 57.8 Å². The van der Waals surface area contributed by atoms with E-state index in [2.05, 4.69) is 18.6 Å². The molecule has 2 rings (SSSR count). The molecule has 1 aliphatic rings. The minimum absolute atomic E-state index is 0.233. The number of sulfonamides is 1. The molecule has 1 aliphatic heterocycles. The molecule has 1 fully saturated rings. The zero-order chi connectivity index (χ0) is 20.2. The summed E-state index contributed by atoms with van der Waals surface area (Å²) >= 11 is 0. The fourth-order valence-corrected chi connectivity index (χ4v) is 4.19. The minimum Gasteiger partial charge on any atom is -0.447 e. The van der Waals surface area contributed by atoms with Crippen molar-refractivity contribution < 1.29 is 17.9 Å². The Morgan fingerprint density at radius 3 is 2.63 bits per heavy atom. The molecule has 1 aromatic heterocycles. The lowest BCUT2D eigenvalue weighted by Crippen LogP contribution is -2.58. The van der Waals surface area contributed by atoms with Crippen molar-refractivity contribution in [3.05, 3.63) is 29.6 Å². The Balaban J connectivity index is 2.31. The van der Waals surface area contributed by atoms with Crippen LogP contribution in [-0.2, 0) is 21.2 Å². The third-order valence-corrected chi connectivity index (χ3v) is 5.28. The number of nitrogens with one attached hydrogen (secondary N) is 1. The number of carbonyl (C=O) groups excluding carboxylic acids is 1. The molecule has 2 heterocycles. The van der Waals surface area contributed by atoms with Crippen LogP contribution in [-0.4, -0.2) is 55.4 Å². The van der Waals surface area contributed by atoms with Crippen molar-refractivity contribution in [3.8, 4) is 0 Å². The van der Waals surface area contributed by atoms with Crippen molar-refractivity contribution in [2.75, 3.05) is 12.8 Å². The molecule has 0 saturated carbocycles. The van der Waals surface area contributed by atoms with Gasteiger partial charge in [0.15, 0.2) is 0 Å². The molecular formula is C19H31N3O4S. The van der Waals surface area contributed by atoms with Crippen LogP contribution >= 0.6 is 0 Å². The van der Waals surface area contributed by atoms with E-state index in [-0.39, 0.29) is 18.2 Å². The Kier molecular flexibility index (Phi) is 7.22. The van der Waals surface area contributed by atoms with Crippen molar-refractivity contribution in [2.24, 2.45) is 0 Å². The first-order valence-corrected chi connectivity index (χ1v) is 11.4. The zero-order valence-corrected chi connectivity index (χ0v) is 17.6. The average molecular weight is 398 g/mol. The van der Waals surface area contributed by atoms with Crippen LogP contribution in [0.2, 0.25) is 0 Å². The quantitative estimate of drug-likeness (QED) is 0.797. The second-order valence-electron chi connectivity index (χ2n) is 7.74. The van der Waals surface area contributed by atoms with Crippen LogP contribution in [0.25, 0.3) is 0 Å². The van der Waals surface area contributed by atoms with Gasteiger partial charge in [-0.15, -0.1) is 0 Å². The third-order valence-electron chi connectivity index (χ3n) is 4.55. The van der Waals surface area contributed by atoms with Crippen LogP contribution in [0, 0.1) is 0 Å². The molecule has 0 unspecified atom stereocenters. The van der Waals surface area contributed by atoms with Gasteiger partial charge in [0.25, 0.3) is 0 Å². The first-order chi connectivity index (χ1) is 12.6. The molecule has 1 N–H and O–H groups in total. The molecule has 27 heavy (non-hydrogen) atoms. The second-order valence-corrected chi connectivity index (χ2v) is 9.52. The lowest BCUT2D eigenvalue weighted by Gasteiger charge is -2.40. The van der Waals surface area contributed by atoms with E-state index < -0.39 is 16.1 Å². The fourth-order valence-electron chi connectivity index (χ4n) is 3.37. The van der Waals surface area contributed by atoms with E-state index in [4.69, 9.17) is 9.72 Å². The summed E-state index contributed by atoms with van der Waals surface area (Å²) in [5, 5.41) is 0. The number of rotatable bonds is 6. The number of piperidine rings is 1. The summed E-state index contributed by atoms with van der Waals surface area (Å²) in [6, 6.07) is 5.15. The molecule has 1 saturated heterocycles. The number of hydrogen-bond donors (Lipinski definition) is 1. The summed E-state index contributed by atoms with van der Waals surface area (Å²) in [7, 11) is -3.39. The number of amides is 1. The normalized spacial score (nSPS) is 20.9. The minimum atomic E-state index is -3.39. The molecular weight excluding hydrogens is 366 g/mol. The van der Waals surface area contributed by atoms with Gasteiger partial charge in [0.2, 0.25) is 10.0 Å². The standard InChI is InChI=1S/C19H31N3O4S/c1-13(2)16-9-6-8-15(20-16)12-18-17(21-27(5,24)25)10-7-11-22(18)19(23)26-14(3)4/h6,8-9,13-14,17-18,21H,7,10-12H2,1-5H3/t17-,18-/m1/s1. The summed E-state index contributed by atoms with van der Waals surface area (Å²) < 4.78 is 31.8. The topological polar surface area (TPSA) is 88.6 Å². The third kappa shape index (κ3) is 6.46. The van der Waals surface area contributed by atoms with E-state index in [1.54, 1.807) is 18.7 Å². The summed E-state index contributed by atoms with van der Waals surface area (Å²) in [6.45, 7) is 8.30. The van der Waals surface area contributed by atoms with Gasteiger partial charge in [-0.25, -0.2) is 17.9 Å². The van der Waals surface area contributed by atoms with Gasteiger partial charge in [-0.3, -0.25) is 4.98 Å². The summed E-state index contributed by atoms with van der Waals surface area (Å²) in [4.78, 5) is 18.9. The maximum absolute atomic E-state index is 12.6. The molecule has 1 aromatic rings. The molecule has 0 aromatic carbocycles. The van der Waals surface area contributed by atoms with Gasteiger partial charge in [-0.1, -0.05) is 19.9 Å². The monoisotopic (exact) mass is 397 g/mol. The van der Waals surface area contributed by atoms with Gasteiger partial charge in [-0.05, 0) is 44.7 Å². The SMILES string of the molecule is CC(C)OC(=O)N1CCC[C@@H](NS(C)(=O)=O)[C@H]1Cc1cccc(C(C)C)n1. The summed E-state index contributed by atoms with van der Waals surface area (Å²) in [5.74, 6) is 0.295. The number of ether oxygens (including phenoxy) is 1. The number of hydrogen-bond acceptors (Lipinski definition) is 5. The molecule has 0 aliphatic carbocycles. The number of likely N-dealkylation sites (tertiary alicyclic amines) is 1. The van der Waals surface area contributed by atoms with Crippen molar-refractivity contribution >= 4 is 16.1 Å². The van der Waals surface area contributed by atoms with Crippen molar-refractivity contribution in [2.45, 2.75) is 71.1 Å². The Morgan fingerprint density at radius 1 is 1.33 bits per heavy atom. The van der Waals surface area contributed by atoms with E-state index >= 15 is 0 Å². The van der Waals surface area contributed by atoms with Crippen LogP contribution in [0.5, 0.6) is 0 Å². The highest BCUT2D eigenvalue weighted by Gasteiger charge is 2.37. The van der Waals surface area contributed by atoms with Crippen molar-refractivity contribution in [3.63, 3.8) is 0 Å². The highest BCUT2D eigenvalue weighted by Crippen LogP contribution is 2.23. The lowest BCUT2D eigenvalue weighted by atomic mass is 9.93. The Morgan fingerprint density at radius 2 is 2.04 bits per heavy atom. The molecule has 1 amide bonds. The predicted octanol–water partition coefficient (Wildman–Crippen LogP) is 2.67. The van der Waals surface area contributed by atoms with Crippen LogP contribution in [0.3, 0.4) is 0 Å². The number of aromatic nitrogens is 1. The number of carbonyl (C=O) groups is 1. The molecule has 8 heteroatoms. The zero-order valence-electron chi connectivity index (χ0n) is 16.8. The van der Waals surface area contributed by atoms with Gasteiger partial charge in [0, 0.05) is 30.4 Å². The maximum Gasteiger partial charge on any atom is 0.410 e. The Hall–Kier alpha value is -1.67. The Labute approximate surface area is 162 Å². The highest BCUT2D eigenvalue weighted by molar-refractivity contribution is 7.88. The smallest absolute Gasteiger partial charge is 0.410 e. The van der Waals surface area contributed by atoms with Crippen molar-refractivity contribution in [1.29, 1.82) is 0 Å². The fraction of sp³-hybridized carbons (Fsp3) is 0.684. The van der Waals surface area contributed by atoms with E-state index in [1.807, 2.05) is 18.2 Å². The van der Waals surface area contributed by atoms with Crippen LogP contribution in [0.15, 0.2) is 18.2 Å². The molecule has 0 spiro atoms. The highest BCUT2D eigenvalue weighted by atomic mass is 32.2. The van der Waals surface area contributed by atoms with Crippen LogP contribution < -0.4 is 4.72 Å². The van der Waals surface area contributed by atoms with Gasteiger partial charge in [0.1, 0.15) is 0 Å². The number of pyridine rings is 1. The van der Waals surface area contributed by atoms with Gasteiger partial charge < -0.3 is 9.64 Å². The molecule has 152 valence electrons. The first kappa shape index (κ1) is 21.6. The van der Waals surface area contributed by atoms with Crippen LogP contribution in [0.4, 0.5) is 4.79 Å². The van der Waals surface area contributed by atoms with E-state index in [9.17, 15) is 13.2 Å². The number of nitrogens with zero attached hydrogens (tertiary/aromatic N) is 2. The van der Waals surface area contributed by atoms with Crippen molar-refractivity contribution in [1.82, 2.24) is 14.6 Å². The molecule has 2 atom stereocenters. The van der Waals surface area contributed by atoms with E-state index in [1.165, 1.54) is 0 Å². The predicted molar refractivity (Wildman–Crippen MR) is 105 cm³/mol. The molecule has 0 bridgehead atoms.